The Morgan fingerprint density at radius 1 is 0.448 bits per heavy atom. The first-order valence-electron chi connectivity index (χ1n) is 19.3. The molecule has 5 heteroatoms. The third-order valence-corrected chi connectivity index (χ3v) is 11.1. The maximum atomic E-state index is 10.8. The number of nitrogens with zero attached hydrogens (tertiary/aromatic N) is 4. The molecule has 0 unspecified atom stereocenters. The molecule has 0 spiro atoms. The number of fused-ring (bicyclic) bond motifs is 7. The third-order valence-electron chi connectivity index (χ3n) is 11.1. The Morgan fingerprint density at radius 3 is 1.64 bits per heavy atom. The predicted molar refractivity (Wildman–Crippen MR) is 236 cm³/mol. The number of furan rings is 1. The minimum Gasteiger partial charge on any atom is -0.455 e. The molecule has 11 rings (SSSR count). The predicted octanol–water partition coefficient (Wildman–Crippen LogP) is 13.7. The highest BCUT2D eigenvalue weighted by Gasteiger charge is 2.27. The average Bonchev–Trinajstić information content (AvgIpc) is 3.85. The maximum absolute atomic E-state index is 10.8. The Morgan fingerprint density at radius 2 is 1.00 bits per heavy atom. The Balaban J connectivity index is 1.32. The minimum atomic E-state index is 0.428. The van der Waals surface area contributed by atoms with Gasteiger partial charge in [-0.1, -0.05) is 164 Å². The molecule has 270 valence electrons. The molecule has 5 nitrogen and oxygen atoms in total. The Kier molecular flexibility index (Phi) is 7.80. The summed E-state index contributed by atoms with van der Waals surface area (Å²) in [5.74, 6) is 0.525. The highest BCUT2D eigenvalue weighted by Crippen LogP contribution is 2.47. The van der Waals surface area contributed by atoms with Crippen molar-refractivity contribution in [3.8, 4) is 67.9 Å². The molecule has 0 saturated carbocycles. The quantitative estimate of drug-likeness (QED) is 0.170. The lowest BCUT2D eigenvalue weighted by molar-refractivity contribution is 0.673. The van der Waals surface area contributed by atoms with Crippen LogP contribution in [0.1, 0.15) is 5.56 Å². The lowest BCUT2D eigenvalue weighted by atomic mass is 9.89. The Labute approximate surface area is 334 Å². The molecular formula is C53H32N4O. The zero-order valence-corrected chi connectivity index (χ0v) is 31.2. The molecule has 11 aromatic rings. The molecule has 0 aliphatic rings. The van der Waals surface area contributed by atoms with Crippen molar-refractivity contribution in [2.24, 2.45) is 0 Å². The van der Waals surface area contributed by atoms with Gasteiger partial charge < -0.3 is 8.98 Å². The van der Waals surface area contributed by atoms with Gasteiger partial charge in [-0.25, -0.2) is 9.97 Å². The average molecular weight is 741 g/mol. The Hall–Kier alpha value is -8.07. The van der Waals surface area contributed by atoms with Crippen LogP contribution in [-0.4, -0.2) is 14.5 Å². The van der Waals surface area contributed by atoms with Gasteiger partial charge in [0, 0.05) is 38.4 Å². The second-order valence-electron chi connectivity index (χ2n) is 14.4. The molecule has 0 amide bonds. The van der Waals surface area contributed by atoms with Gasteiger partial charge in [-0.3, -0.25) is 0 Å². The van der Waals surface area contributed by atoms with Crippen LogP contribution in [0.3, 0.4) is 0 Å². The largest absolute Gasteiger partial charge is 0.455 e. The van der Waals surface area contributed by atoms with Crippen LogP contribution >= 0.6 is 0 Å². The molecule has 3 aromatic heterocycles. The fraction of sp³-hybridized carbons (Fsp3) is 0. The van der Waals surface area contributed by atoms with Crippen LogP contribution in [0.15, 0.2) is 199 Å². The van der Waals surface area contributed by atoms with E-state index in [4.69, 9.17) is 14.4 Å². The number of benzene rings is 8. The van der Waals surface area contributed by atoms with Crippen LogP contribution < -0.4 is 0 Å². The fourth-order valence-corrected chi connectivity index (χ4v) is 8.55. The van der Waals surface area contributed by atoms with Gasteiger partial charge >= 0.3 is 0 Å². The first kappa shape index (κ1) is 33.3. The molecule has 3 heterocycles. The highest BCUT2D eigenvalue weighted by molar-refractivity contribution is 6.24. The van der Waals surface area contributed by atoms with Crippen molar-refractivity contribution >= 4 is 43.7 Å². The summed E-state index contributed by atoms with van der Waals surface area (Å²) in [6, 6.07) is 68.9. The topological polar surface area (TPSA) is 67.6 Å². The molecule has 0 fully saturated rings. The molecule has 0 N–H and O–H groups in total. The second-order valence-corrected chi connectivity index (χ2v) is 14.4. The van der Waals surface area contributed by atoms with Crippen LogP contribution in [-0.2, 0) is 0 Å². The maximum Gasteiger partial charge on any atom is 0.161 e. The summed E-state index contributed by atoms with van der Waals surface area (Å²) in [6.45, 7) is 0. The van der Waals surface area contributed by atoms with E-state index < -0.39 is 0 Å². The lowest BCUT2D eigenvalue weighted by Gasteiger charge is -2.22. The molecule has 58 heavy (non-hydrogen) atoms. The highest BCUT2D eigenvalue weighted by atomic mass is 16.3. The number of hydrogen-bond acceptors (Lipinski definition) is 4. The SMILES string of the molecule is N#Cc1c(-c2ccccc2)nc(-c2c(-c3ccccc3)ccc(-n3c4ccccc4c4c5oc6ccccc6c5ccc43)c2-c2ccccc2)nc1-c1ccccc1. The van der Waals surface area contributed by atoms with Crippen LogP contribution in [0.2, 0.25) is 0 Å². The van der Waals surface area contributed by atoms with E-state index in [0.717, 1.165) is 88.4 Å². The Bertz CT molecular complexity index is 3320. The summed E-state index contributed by atoms with van der Waals surface area (Å²) in [4.78, 5) is 10.8. The van der Waals surface area contributed by atoms with Crippen molar-refractivity contribution in [1.29, 1.82) is 5.26 Å². The van der Waals surface area contributed by atoms with Crippen LogP contribution in [0, 0.1) is 11.3 Å². The third kappa shape index (κ3) is 5.24. The number of nitriles is 1. The van der Waals surface area contributed by atoms with Crippen LogP contribution in [0.5, 0.6) is 0 Å². The van der Waals surface area contributed by atoms with E-state index in [0.29, 0.717) is 22.8 Å². The molecule has 0 atom stereocenters. The van der Waals surface area contributed by atoms with Crippen molar-refractivity contribution in [3.63, 3.8) is 0 Å². The van der Waals surface area contributed by atoms with Crippen molar-refractivity contribution in [2.75, 3.05) is 0 Å². The van der Waals surface area contributed by atoms with Gasteiger partial charge in [0.2, 0.25) is 0 Å². The summed E-state index contributed by atoms with van der Waals surface area (Å²) in [5, 5.41) is 15.1. The normalized spacial score (nSPS) is 11.4. The van der Waals surface area contributed by atoms with E-state index in [1.807, 2.05) is 84.9 Å². The van der Waals surface area contributed by atoms with Gasteiger partial charge in [0.15, 0.2) is 5.82 Å². The summed E-state index contributed by atoms with van der Waals surface area (Å²) in [7, 11) is 0. The van der Waals surface area contributed by atoms with Crippen molar-refractivity contribution in [3.05, 3.63) is 200 Å². The molecule has 0 aliphatic carbocycles. The van der Waals surface area contributed by atoms with E-state index in [-0.39, 0.29) is 0 Å². The van der Waals surface area contributed by atoms with Gasteiger partial charge in [0.1, 0.15) is 22.8 Å². The zero-order valence-electron chi connectivity index (χ0n) is 31.2. The van der Waals surface area contributed by atoms with Gasteiger partial charge in [-0.05, 0) is 47.0 Å². The summed E-state index contributed by atoms with van der Waals surface area (Å²) in [6.07, 6.45) is 0. The molecule has 0 saturated heterocycles. The summed E-state index contributed by atoms with van der Waals surface area (Å²) >= 11 is 0. The van der Waals surface area contributed by atoms with Crippen molar-refractivity contribution < 1.29 is 4.42 Å². The van der Waals surface area contributed by atoms with Gasteiger partial charge in [-0.15, -0.1) is 0 Å². The van der Waals surface area contributed by atoms with E-state index in [2.05, 4.69) is 120 Å². The van der Waals surface area contributed by atoms with Gasteiger partial charge in [0.25, 0.3) is 0 Å². The first-order chi connectivity index (χ1) is 28.8. The molecule has 0 aliphatic heterocycles. The number of para-hydroxylation sites is 2. The lowest BCUT2D eigenvalue weighted by Crippen LogP contribution is -2.05. The van der Waals surface area contributed by atoms with Crippen molar-refractivity contribution in [2.45, 2.75) is 0 Å². The van der Waals surface area contributed by atoms with E-state index in [1.165, 1.54) is 0 Å². The molecule has 0 radical (unpaired) electrons. The van der Waals surface area contributed by atoms with E-state index in [9.17, 15) is 5.26 Å². The molecule has 0 bridgehead atoms. The molecule has 8 aromatic carbocycles. The van der Waals surface area contributed by atoms with Gasteiger partial charge in [0.05, 0.1) is 33.5 Å². The number of hydrogen-bond donors (Lipinski definition) is 0. The smallest absolute Gasteiger partial charge is 0.161 e. The number of rotatable bonds is 6. The first-order valence-corrected chi connectivity index (χ1v) is 19.3. The van der Waals surface area contributed by atoms with Gasteiger partial charge in [-0.2, -0.15) is 5.26 Å². The monoisotopic (exact) mass is 740 g/mol. The summed E-state index contributed by atoms with van der Waals surface area (Å²) in [5.41, 5.74) is 12.9. The van der Waals surface area contributed by atoms with Crippen LogP contribution in [0.25, 0.3) is 106 Å². The fourth-order valence-electron chi connectivity index (χ4n) is 8.55. The zero-order chi connectivity index (χ0) is 38.6. The van der Waals surface area contributed by atoms with Crippen LogP contribution in [0.4, 0.5) is 0 Å². The number of aromatic nitrogens is 3. The molecular weight excluding hydrogens is 709 g/mol. The van der Waals surface area contributed by atoms with E-state index in [1.54, 1.807) is 0 Å². The minimum absolute atomic E-state index is 0.428. The standard InChI is InChI=1S/C53H32N4O/c54-33-42-50(36-21-9-3-10-22-36)55-53(56-51(42)37-23-11-4-12-24-37)49-38(34-17-5-1-6-18-34)29-31-44(47(49)35-19-7-2-8-20-35)57-43-27-15-13-26-41(43)48-45(57)32-30-40-39-25-14-16-28-46(39)58-52(40)48/h1-32H. The van der Waals surface area contributed by atoms with E-state index >= 15 is 0 Å². The second kappa shape index (κ2) is 13.6. The van der Waals surface area contributed by atoms with Crippen molar-refractivity contribution in [1.82, 2.24) is 14.5 Å². The summed E-state index contributed by atoms with van der Waals surface area (Å²) < 4.78 is 9.04.